The fourth-order valence-electron chi connectivity index (χ4n) is 1.87. The summed E-state index contributed by atoms with van der Waals surface area (Å²) in [6.45, 7) is 4.53. The number of hydrogen-bond acceptors (Lipinski definition) is 3. The van der Waals surface area contributed by atoms with Crippen LogP contribution in [0.2, 0.25) is 0 Å². The first-order chi connectivity index (χ1) is 8.61. The lowest BCUT2D eigenvalue weighted by Crippen LogP contribution is -2.15. The molecule has 0 aliphatic carbocycles. The van der Waals surface area contributed by atoms with Gasteiger partial charge in [0.25, 0.3) is 0 Å². The highest BCUT2D eigenvalue weighted by Gasteiger charge is 2.17. The average molecular weight is 264 g/mol. The minimum Gasteiger partial charge on any atom is -0.330 e. The van der Waals surface area contributed by atoms with Gasteiger partial charge in [-0.15, -0.1) is 11.3 Å². The molecule has 1 unspecified atom stereocenters. The molecule has 1 aromatic carbocycles. The third kappa shape index (κ3) is 2.76. The molecule has 0 saturated carbocycles. The van der Waals surface area contributed by atoms with Crippen molar-refractivity contribution >= 4 is 11.3 Å². The molecular formula is C14H17FN2S. The van der Waals surface area contributed by atoms with Crippen molar-refractivity contribution in [3.8, 4) is 0 Å². The van der Waals surface area contributed by atoms with Crippen molar-refractivity contribution in [2.45, 2.75) is 26.2 Å². The molecule has 0 saturated heterocycles. The van der Waals surface area contributed by atoms with Crippen molar-refractivity contribution in [2.24, 2.45) is 5.73 Å². The monoisotopic (exact) mass is 264 g/mol. The molecule has 2 rings (SSSR count). The molecule has 0 fully saturated rings. The van der Waals surface area contributed by atoms with E-state index in [2.05, 4.69) is 4.98 Å². The third-order valence-electron chi connectivity index (χ3n) is 3.10. The van der Waals surface area contributed by atoms with Crippen molar-refractivity contribution < 1.29 is 4.39 Å². The molecule has 96 valence electrons. The lowest BCUT2D eigenvalue weighted by atomic mass is 9.99. The van der Waals surface area contributed by atoms with Crippen molar-refractivity contribution in [3.63, 3.8) is 0 Å². The van der Waals surface area contributed by atoms with E-state index in [1.165, 1.54) is 10.9 Å². The largest absolute Gasteiger partial charge is 0.330 e. The van der Waals surface area contributed by atoms with Crippen LogP contribution in [0.3, 0.4) is 0 Å². The molecule has 0 aliphatic heterocycles. The third-order valence-corrected chi connectivity index (χ3v) is 4.34. The summed E-state index contributed by atoms with van der Waals surface area (Å²) in [4.78, 5) is 5.73. The van der Waals surface area contributed by atoms with Gasteiger partial charge in [-0.3, -0.25) is 0 Å². The van der Waals surface area contributed by atoms with Gasteiger partial charge in [-0.25, -0.2) is 9.37 Å². The van der Waals surface area contributed by atoms with Crippen LogP contribution in [0.5, 0.6) is 0 Å². The highest BCUT2D eigenvalue weighted by Crippen LogP contribution is 2.27. The minimum absolute atomic E-state index is 0.0966. The zero-order valence-corrected chi connectivity index (χ0v) is 11.4. The molecule has 1 aromatic heterocycles. The van der Waals surface area contributed by atoms with Gasteiger partial charge < -0.3 is 5.73 Å². The Kier molecular flexibility index (Phi) is 4.09. The summed E-state index contributed by atoms with van der Waals surface area (Å²) >= 11 is 1.66. The second kappa shape index (κ2) is 5.59. The van der Waals surface area contributed by atoms with Crippen LogP contribution in [-0.4, -0.2) is 11.5 Å². The van der Waals surface area contributed by atoms with Crippen LogP contribution < -0.4 is 5.73 Å². The van der Waals surface area contributed by atoms with Gasteiger partial charge >= 0.3 is 0 Å². The number of nitrogens with zero attached hydrogens (tertiary/aromatic N) is 1. The van der Waals surface area contributed by atoms with E-state index in [4.69, 9.17) is 5.73 Å². The smallest absolute Gasteiger partial charge is 0.126 e. The first-order valence-electron chi connectivity index (χ1n) is 5.99. The normalized spacial score (nSPS) is 12.7. The van der Waals surface area contributed by atoms with Gasteiger partial charge in [0.1, 0.15) is 5.82 Å². The summed E-state index contributed by atoms with van der Waals surface area (Å²) in [5.41, 5.74) is 7.56. The van der Waals surface area contributed by atoms with Crippen LogP contribution in [0, 0.1) is 19.7 Å². The maximum absolute atomic E-state index is 13.6. The van der Waals surface area contributed by atoms with E-state index < -0.39 is 0 Å². The Hall–Kier alpha value is -1.26. The zero-order valence-electron chi connectivity index (χ0n) is 10.6. The first kappa shape index (κ1) is 13.2. The first-order valence-corrected chi connectivity index (χ1v) is 6.81. The van der Waals surface area contributed by atoms with Crippen molar-refractivity contribution in [3.05, 3.63) is 51.2 Å². The number of hydrogen-bond donors (Lipinski definition) is 1. The quantitative estimate of drug-likeness (QED) is 0.921. The fourth-order valence-corrected chi connectivity index (χ4v) is 2.91. The molecule has 0 bridgehead atoms. The van der Waals surface area contributed by atoms with E-state index in [-0.39, 0.29) is 11.7 Å². The second-order valence-electron chi connectivity index (χ2n) is 4.42. The Balaban J connectivity index is 2.22. The zero-order chi connectivity index (χ0) is 13.1. The van der Waals surface area contributed by atoms with Crippen LogP contribution in [0.4, 0.5) is 4.39 Å². The number of thiazole rings is 1. The second-order valence-corrected chi connectivity index (χ2v) is 5.66. The molecule has 1 atom stereocenters. The Labute approximate surface area is 111 Å². The Morgan fingerprint density at radius 3 is 2.61 bits per heavy atom. The summed E-state index contributed by atoms with van der Waals surface area (Å²) in [6.07, 6.45) is 0.607. The van der Waals surface area contributed by atoms with Gasteiger partial charge in [0.05, 0.1) is 10.7 Å². The summed E-state index contributed by atoms with van der Waals surface area (Å²) in [7, 11) is 0. The molecule has 0 aliphatic rings. The Morgan fingerprint density at radius 2 is 2.06 bits per heavy atom. The summed E-state index contributed by atoms with van der Waals surface area (Å²) in [5.74, 6) is -0.0692. The van der Waals surface area contributed by atoms with E-state index in [1.807, 2.05) is 26.0 Å². The topological polar surface area (TPSA) is 38.9 Å². The van der Waals surface area contributed by atoms with Crippen LogP contribution in [-0.2, 0) is 6.42 Å². The molecule has 2 aromatic rings. The van der Waals surface area contributed by atoms with E-state index in [0.29, 0.717) is 18.5 Å². The van der Waals surface area contributed by atoms with Crippen molar-refractivity contribution in [2.75, 3.05) is 6.54 Å². The minimum atomic E-state index is -0.166. The number of aromatic nitrogens is 1. The van der Waals surface area contributed by atoms with Crippen molar-refractivity contribution in [1.82, 2.24) is 4.98 Å². The molecule has 2 N–H and O–H groups in total. The van der Waals surface area contributed by atoms with Gasteiger partial charge in [-0.1, -0.05) is 18.2 Å². The predicted molar refractivity (Wildman–Crippen MR) is 73.5 cm³/mol. The predicted octanol–water partition coefficient (Wildman–Crippen LogP) is 3.18. The SMILES string of the molecule is Cc1nc(C(CN)Cc2ccccc2F)sc1C. The fraction of sp³-hybridized carbons (Fsp3) is 0.357. The number of halogens is 1. The lowest BCUT2D eigenvalue weighted by molar-refractivity contribution is 0.589. The summed E-state index contributed by atoms with van der Waals surface area (Å²) < 4.78 is 13.6. The Bertz CT molecular complexity index is 517. The highest BCUT2D eigenvalue weighted by atomic mass is 32.1. The van der Waals surface area contributed by atoms with Gasteiger partial charge in [0, 0.05) is 17.3 Å². The highest BCUT2D eigenvalue weighted by molar-refractivity contribution is 7.11. The lowest BCUT2D eigenvalue weighted by Gasteiger charge is -2.12. The molecule has 4 heteroatoms. The van der Waals surface area contributed by atoms with E-state index in [1.54, 1.807) is 17.4 Å². The standard InChI is InChI=1S/C14H17FN2S/c1-9-10(2)18-14(17-9)12(8-16)7-11-5-3-4-6-13(11)15/h3-6,12H,7-8,16H2,1-2H3. The molecule has 1 heterocycles. The van der Waals surface area contributed by atoms with Crippen LogP contribution in [0.15, 0.2) is 24.3 Å². The summed E-state index contributed by atoms with van der Waals surface area (Å²) in [6, 6.07) is 6.85. The maximum Gasteiger partial charge on any atom is 0.126 e. The van der Waals surface area contributed by atoms with Gasteiger partial charge in [-0.05, 0) is 31.9 Å². The molecule has 0 spiro atoms. The van der Waals surface area contributed by atoms with E-state index >= 15 is 0 Å². The number of benzene rings is 1. The van der Waals surface area contributed by atoms with Gasteiger partial charge in [0.15, 0.2) is 0 Å². The number of nitrogens with two attached hydrogens (primary N) is 1. The van der Waals surface area contributed by atoms with Crippen LogP contribution >= 0.6 is 11.3 Å². The molecule has 0 amide bonds. The van der Waals surface area contributed by atoms with Gasteiger partial charge in [0.2, 0.25) is 0 Å². The van der Waals surface area contributed by atoms with Crippen LogP contribution in [0.1, 0.15) is 27.1 Å². The van der Waals surface area contributed by atoms with Crippen LogP contribution in [0.25, 0.3) is 0 Å². The summed E-state index contributed by atoms with van der Waals surface area (Å²) in [5, 5.41) is 1.01. The number of aryl methyl sites for hydroxylation is 2. The van der Waals surface area contributed by atoms with Gasteiger partial charge in [-0.2, -0.15) is 0 Å². The maximum atomic E-state index is 13.6. The molecular weight excluding hydrogens is 247 g/mol. The van der Waals surface area contributed by atoms with E-state index in [0.717, 1.165) is 10.7 Å². The van der Waals surface area contributed by atoms with E-state index in [9.17, 15) is 4.39 Å². The number of rotatable bonds is 4. The molecule has 0 radical (unpaired) electrons. The molecule has 2 nitrogen and oxygen atoms in total. The Morgan fingerprint density at radius 1 is 1.33 bits per heavy atom. The van der Waals surface area contributed by atoms with Crippen molar-refractivity contribution in [1.29, 1.82) is 0 Å². The average Bonchev–Trinajstić information content (AvgIpc) is 2.68. The molecule has 18 heavy (non-hydrogen) atoms.